The van der Waals surface area contributed by atoms with Crippen LogP contribution in [0.25, 0.3) is 0 Å². The fraction of sp³-hybridized carbons (Fsp3) is 0.133. The lowest BCUT2D eigenvalue weighted by atomic mass is 10.1. The molecule has 0 radical (unpaired) electrons. The van der Waals surface area contributed by atoms with Crippen molar-refractivity contribution in [3.05, 3.63) is 42.0 Å². The molecule has 2 aromatic rings. The van der Waals surface area contributed by atoms with E-state index in [-0.39, 0.29) is 0 Å². The number of methoxy groups -OCH3 is 2. The van der Waals surface area contributed by atoms with Gasteiger partial charge in [0.05, 0.1) is 25.5 Å². The quantitative estimate of drug-likeness (QED) is 0.731. The van der Waals surface area contributed by atoms with Crippen molar-refractivity contribution < 1.29 is 14.3 Å². The summed E-state index contributed by atoms with van der Waals surface area (Å²) in [7, 11) is 3.13. The first-order valence-corrected chi connectivity index (χ1v) is 6.23. The van der Waals surface area contributed by atoms with E-state index < -0.39 is 5.91 Å². The highest BCUT2D eigenvalue weighted by atomic mass is 16.5. The Bertz CT molecular complexity index is 649. The first kappa shape index (κ1) is 14.5. The Labute approximate surface area is 122 Å². The standard InChI is InChI=1S/C15H17N3O3/c1-20-11-6-10(7-12(8-11)21-2)18-14-5-9(16)3-4-13(14)15(17)19/h3-8,18H,16H2,1-2H3,(H2,17,19). The summed E-state index contributed by atoms with van der Waals surface area (Å²) in [6.07, 6.45) is 0. The van der Waals surface area contributed by atoms with Crippen LogP contribution in [0.1, 0.15) is 10.4 Å². The molecule has 0 saturated carbocycles. The van der Waals surface area contributed by atoms with Crippen LogP contribution in [0.15, 0.2) is 36.4 Å². The molecule has 110 valence electrons. The Hall–Kier alpha value is -2.89. The van der Waals surface area contributed by atoms with E-state index >= 15 is 0 Å². The third kappa shape index (κ3) is 3.36. The summed E-state index contributed by atoms with van der Waals surface area (Å²) in [5, 5.41) is 3.10. The molecule has 0 aliphatic rings. The zero-order valence-electron chi connectivity index (χ0n) is 11.8. The van der Waals surface area contributed by atoms with Crippen LogP contribution in [0.3, 0.4) is 0 Å². The molecule has 0 atom stereocenters. The number of benzene rings is 2. The first-order chi connectivity index (χ1) is 10.0. The Balaban J connectivity index is 2.42. The van der Waals surface area contributed by atoms with Crippen molar-refractivity contribution in [2.75, 3.05) is 25.3 Å². The van der Waals surface area contributed by atoms with Gasteiger partial charge in [0, 0.05) is 29.6 Å². The molecule has 0 aliphatic heterocycles. The maximum Gasteiger partial charge on any atom is 0.250 e. The molecule has 2 rings (SSSR count). The van der Waals surface area contributed by atoms with Gasteiger partial charge in [-0.15, -0.1) is 0 Å². The predicted octanol–water partition coefficient (Wildman–Crippen LogP) is 2.13. The minimum atomic E-state index is -0.535. The third-order valence-electron chi connectivity index (χ3n) is 2.94. The van der Waals surface area contributed by atoms with Gasteiger partial charge in [-0.3, -0.25) is 4.79 Å². The van der Waals surface area contributed by atoms with Gasteiger partial charge in [-0.05, 0) is 18.2 Å². The van der Waals surface area contributed by atoms with E-state index in [2.05, 4.69) is 5.32 Å². The molecule has 21 heavy (non-hydrogen) atoms. The van der Waals surface area contributed by atoms with E-state index in [1.54, 1.807) is 50.6 Å². The van der Waals surface area contributed by atoms with E-state index in [0.29, 0.717) is 34.1 Å². The van der Waals surface area contributed by atoms with Crippen LogP contribution >= 0.6 is 0 Å². The highest BCUT2D eigenvalue weighted by Gasteiger charge is 2.10. The molecule has 0 aliphatic carbocycles. The zero-order chi connectivity index (χ0) is 15.4. The monoisotopic (exact) mass is 287 g/mol. The first-order valence-electron chi connectivity index (χ1n) is 6.23. The molecule has 6 heteroatoms. The Morgan fingerprint density at radius 2 is 1.67 bits per heavy atom. The Morgan fingerprint density at radius 1 is 1.05 bits per heavy atom. The fourth-order valence-electron chi connectivity index (χ4n) is 1.92. The molecule has 0 unspecified atom stereocenters. The number of ether oxygens (including phenoxy) is 2. The summed E-state index contributed by atoms with van der Waals surface area (Å²) in [4.78, 5) is 11.5. The van der Waals surface area contributed by atoms with Gasteiger partial charge in [0.2, 0.25) is 0 Å². The highest BCUT2D eigenvalue weighted by molar-refractivity contribution is 5.99. The van der Waals surface area contributed by atoms with E-state index in [9.17, 15) is 4.79 Å². The second kappa shape index (κ2) is 6.04. The second-order valence-electron chi connectivity index (χ2n) is 4.40. The third-order valence-corrected chi connectivity index (χ3v) is 2.94. The average molecular weight is 287 g/mol. The van der Waals surface area contributed by atoms with Crippen LogP contribution in [0.4, 0.5) is 17.1 Å². The molecule has 0 fully saturated rings. The van der Waals surface area contributed by atoms with Gasteiger partial charge in [-0.2, -0.15) is 0 Å². The van der Waals surface area contributed by atoms with Crippen molar-refractivity contribution in [2.24, 2.45) is 5.73 Å². The van der Waals surface area contributed by atoms with Gasteiger partial charge in [-0.1, -0.05) is 0 Å². The molecule has 1 amide bonds. The van der Waals surface area contributed by atoms with Crippen molar-refractivity contribution in [1.29, 1.82) is 0 Å². The minimum absolute atomic E-state index is 0.353. The molecule has 6 nitrogen and oxygen atoms in total. The van der Waals surface area contributed by atoms with Crippen LogP contribution in [0.2, 0.25) is 0 Å². The number of hydrogen-bond donors (Lipinski definition) is 3. The lowest BCUT2D eigenvalue weighted by molar-refractivity contribution is 0.100. The number of primary amides is 1. The Morgan fingerprint density at radius 3 is 2.19 bits per heavy atom. The summed E-state index contributed by atoms with van der Waals surface area (Å²) in [5.74, 6) is 0.718. The van der Waals surface area contributed by atoms with E-state index in [0.717, 1.165) is 0 Å². The predicted molar refractivity (Wildman–Crippen MR) is 82.2 cm³/mol. The van der Waals surface area contributed by atoms with Gasteiger partial charge in [0.1, 0.15) is 11.5 Å². The van der Waals surface area contributed by atoms with Crippen molar-refractivity contribution in [2.45, 2.75) is 0 Å². The maximum atomic E-state index is 11.5. The largest absolute Gasteiger partial charge is 0.497 e. The molecule has 5 N–H and O–H groups in total. The molecule has 0 heterocycles. The minimum Gasteiger partial charge on any atom is -0.497 e. The average Bonchev–Trinajstić information content (AvgIpc) is 2.46. The molecular formula is C15H17N3O3. The van der Waals surface area contributed by atoms with Crippen LogP contribution in [0, 0.1) is 0 Å². The summed E-state index contributed by atoms with van der Waals surface area (Å²) in [5.41, 5.74) is 13.2. The van der Waals surface area contributed by atoms with Gasteiger partial charge in [-0.25, -0.2) is 0 Å². The number of rotatable bonds is 5. The number of nitrogens with two attached hydrogens (primary N) is 2. The molecule has 0 bridgehead atoms. The summed E-state index contributed by atoms with van der Waals surface area (Å²) < 4.78 is 10.4. The number of anilines is 3. The molecular weight excluding hydrogens is 270 g/mol. The van der Waals surface area contributed by atoms with E-state index in [1.165, 1.54) is 0 Å². The molecule has 0 spiro atoms. The van der Waals surface area contributed by atoms with Crippen molar-refractivity contribution in [3.63, 3.8) is 0 Å². The zero-order valence-corrected chi connectivity index (χ0v) is 11.8. The van der Waals surface area contributed by atoms with Crippen LogP contribution < -0.4 is 26.3 Å². The lowest BCUT2D eigenvalue weighted by Gasteiger charge is -2.13. The lowest BCUT2D eigenvalue weighted by Crippen LogP contribution is -2.13. The van der Waals surface area contributed by atoms with Crippen LogP contribution in [-0.4, -0.2) is 20.1 Å². The van der Waals surface area contributed by atoms with Crippen molar-refractivity contribution in [1.82, 2.24) is 0 Å². The van der Waals surface area contributed by atoms with Gasteiger partial charge in [0.25, 0.3) is 5.91 Å². The number of carbonyl (C=O) groups excluding carboxylic acids is 1. The Kier molecular flexibility index (Phi) is 4.18. The summed E-state index contributed by atoms with van der Waals surface area (Å²) >= 11 is 0. The topological polar surface area (TPSA) is 99.6 Å². The maximum absolute atomic E-state index is 11.5. The smallest absolute Gasteiger partial charge is 0.250 e. The van der Waals surface area contributed by atoms with Gasteiger partial charge in [0.15, 0.2) is 0 Å². The number of nitrogens with one attached hydrogen (secondary N) is 1. The number of carbonyl (C=O) groups is 1. The number of nitrogen functional groups attached to an aromatic ring is 1. The van der Waals surface area contributed by atoms with E-state index in [4.69, 9.17) is 20.9 Å². The van der Waals surface area contributed by atoms with Gasteiger partial charge < -0.3 is 26.3 Å². The van der Waals surface area contributed by atoms with Crippen molar-refractivity contribution in [3.8, 4) is 11.5 Å². The van der Waals surface area contributed by atoms with E-state index in [1.807, 2.05) is 0 Å². The van der Waals surface area contributed by atoms with Gasteiger partial charge >= 0.3 is 0 Å². The second-order valence-corrected chi connectivity index (χ2v) is 4.40. The molecule has 2 aromatic carbocycles. The summed E-state index contributed by atoms with van der Waals surface area (Å²) in [6.45, 7) is 0. The number of amides is 1. The fourth-order valence-corrected chi connectivity index (χ4v) is 1.92. The van der Waals surface area contributed by atoms with Crippen LogP contribution in [0.5, 0.6) is 11.5 Å². The SMILES string of the molecule is COc1cc(Nc2cc(N)ccc2C(N)=O)cc(OC)c1. The normalized spacial score (nSPS) is 10.0. The highest BCUT2D eigenvalue weighted by Crippen LogP contribution is 2.30. The molecule has 0 aromatic heterocycles. The summed E-state index contributed by atoms with van der Waals surface area (Å²) in [6, 6.07) is 10.1. The van der Waals surface area contributed by atoms with Crippen molar-refractivity contribution >= 4 is 23.0 Å². The number of hydrogen-bond acceptors (Lipinski definition) is 5. The van der Waals surface area contributed by atoms with Crippen LogP contribution in [-0.2, 0) is 0 Å². The molecule has 0 saturated heterocycles.